The molecule has 0 aromatic heterocycles. The number of benzene rings is 1. The molecule has 0 radical (unpaired) electrons. The first kappa shape index (κ1) is 9.38. The van der Waals surface area contributed by atoms with E-state index >= 15 is 0 Å². The highest BCUT2D eigenvalue weighted by Crippen LogP contribution is 2.54. The smallest absolute Gasteiger partial charge is 0.133 e. The predicted molar refractivity (Wildman–Crippen MR) is 52.5 cm³/mol. The minimum absolute atomic E-state index is 0.0421. The summed E-state index contributed by atoms with van der Waals surface area (Å²) in [6.07, 6.45) is 0.897. The highest BCUT2D eigenvalue weighted by molar-refractivity contribution is 5.83. The molecule has 2 heteroatoms. The van der Waals surface area contributed by atoms with Gasteiger partial charge in [-0.15, -0.1) is 0 Å². The Bertz CT molecular complexity index is 368. The molecule has 1 aliphatic rings. The Kier molecular flexibility index (Phi) is 1.95. The third-order valence-corrected chi connectivity index (χ3v) is 3.23. The summed E-state index contributed by atoms with van der Waals surface area (Å²) < 4.78 is 12.7. The number of carbonyl (C=O) groups excluding carboxylic acids is 1. The van der Waals surface area contributed by atoms with Gasteiger partial charge in [-0.05, 0) is 31.0 Å². The van der Waals surface area contributed by atoms with Crippen molar-refractivity contribution in [3.63, 3.8) is 0 Å². The Balaban J connectivity index is 2.25. The first-order valence-electron chi connectivity index (χ1n) is 4.80. The van der Waals surface area contributed by atoms with Crippen LogP contribution in [-0.4, -0.2) is 5.78 Å². The molecule has 1 aliphatic carbocycles. The van der Waals surface area contributed by atoms with Gasteiger partial charge in [0.25, 0.3) is 0 Å². The molecule has 2 atom stereocenters. The minimum Gasteiger partial charge on any atom is -0.300 e. The van der Waals surface area contributed by atoms with E-state index in [0.29, 0.717) is 0 Å². The lowest BCUT2D eigenvalue weighted by molar-refractivity contribution is -0.118. The van der Waals surface area contributed by atoms with E-state index in [0.717, 1.165) is 12.0 Å². The number of ketones is 1. The molecule has 74 valence electrons. The second kappa shape index (κ2) is 2.91. The van der Waals surface area contributed by atoms with Crippen LogP contribution < -0.4 is 0 Å². The van der Waals surface area contributed by atoms with Crippen LogP contribution in [-0.2, 0) is 10.2 Å². The van der Waals surface area contributed by atoms with Crippen LogP contribution in [0.15, 0.2) is 24.3 Å². The van der Waals surface area contributed by atoms with Crippen LogP contribution in [0.25, 0.3) is 0 Å². The molecular weight excluding hydrogens is 179 g/mol. The summed E-state index contributed by atoms with van der Waals surface area (Å²) in [6, 6.07) is 6.46. The zero-order valence-corrected chi connectivity index (χ0v) is 8.38. The molecule has 2 rings (SSSR count). The van der Waals surface area contributed by atoms with Crippen LogP contribution in [0.3, 0.4) is 0 Å². The Morgan fingerprint density at radius 3 is 2.43 bits per heavy atom. The quantitative estimate of drug-likeness (QED) is 0.704. The first-order valence-corrected chi connectivity index (χ1v) is 4.80. The summed E-state index contributed by atoms with van der Waals surface area (Å²) in [7, 11) is 0. The maximum absolute atomic E-state index is 12.7. The third kappa shape index (κ3) is 1.35. The molecule has 0 bridgehead atoms. The molecule has 0 saturated heterocycles. The standard InChI is InChI=1S/C12H13FO/c1-8(14)11-7-12(11,2)9-3-5-10(13)6-4-9/h3-6,11H,7H2,1-2H3/t11-,12-/m0/s1. The SMILES string of the molecule is CC(=O)[C@@H]1C[C@@]1(C)c1ccc(F)cc1. The predicted octanol–water partition coefficient (Wildman–Crippen LogP) is 2.69. The molecule has 1 aromatic carbocycles. The summed E-state index contributed by atoms with van der Waals surface area (Å²) in [5.41, 5.74) is 1.03. The van der Waals surface area contributed by atoms with Crippen LogP contribution in [0.5, 0.6) is 0 Å². The van der Waals surface area contributed by atoms with Crippen LogP contribution in [0.2, 0.25) is 0 Å². The second-order valence-corrected chi connectivity index (χ2v) is 4.29. The molecule has 1 aromatic rings. The first-order chi connectivity index (χ1) is 6.54. The van der Waals surface area contributed by atoms with E-state index in [9.17, 15) is 9.18 Å². The van der Waals surface area contributed by atoms with Gasteiger partial charge in [-0.2, -0.15) is 0 Å². The van der Waals surface area contributed by atoms with E-state index in [1.807, 2.05) is 0 Å². The zero-order valence-electron chi connectivity index (χ0n) is 8.38. The normalized spacial score (nSPS) is 30.1. The lowest BCUT2D eigenvalue weighted by atomic mass is 9.94. The van der Waals surface area contributed by atoms with E-state index in [4.69, 9.17) is 0 Å². The van der Waals surface area contributed by atoms with E-state index in [1.165, 1.54) is 12.1 Å². The van der Waals surface area contributed by atoms with Crippen LogP contribution >= 0.6 is 0 Å². The number of hydrogen-bond acceptors (Lipinski definition) is 1. The molecule has 0 spiro atoms. The van der Waals surface area contributed by atoms with Gasteiger partial charge in [0.05, 0.1) is 0 Å². The molecule has 0 N–H and O–H groups in total. The Morgan fingerprint density at radius 2 is 2.00 bits per heavy atom. The molecular formula is C12H13FO. The van der Waals surface area contributed by atoms with Crippen molar-refractivity contribution in [1.29, 1.82) is 0 Å². The molecule has 0 amide bonds. The lowest BCUT2D eigenvalue weighted by Gasteiger charge is -2.10. The maximum atomic E-state index is 12.7. The maximum Gasteiger partial charge on any atom is 0.133 e. The summed E-state index contributed by atoms with van der Waals surface area (Å²) in [6.45, 7) is 3.69. The van der Waals surface area contributed by atoms with Gasteiger partial charge < -0.3 is 0 Å². The van der Waals surface area contributed by atoms with Gasteiger partial charge in [0.2, 0.25) is 0 Å². The Hall–Kier alpha value is -1.18. The molecule has 1 nitrogen and oxygen atoms in total. The summed E-state index contributed by atoms with van der Waals surface area (Å²) in [4.78, 5) is 11.2. The van der Waals surface area contributed by atoms with Gasteiger partial charge in [-0.1, -0.05) is 19.1 Å². The summed E-state index contributed by atoms with van der Waals surface area (Å²) in [5, 5.41) is 0. The monoisotopic (exact) mass is 192 g/mol. The molecule has 0 unspecified atom stereocenters. The number of halogens is 1. The van der Waals surface area contributed by atoms with Crippen molar-refractivity contribution < 1.29 is 9.18 Å². The molecule has 1 saturated carbocycles. The van der Waals surface area contributed by atoms with Gasteiger partial charge >= 0.3 is 0 Å². The van der Waals surface area contributed by atoms with E-state index in [2.05, 4.69) is 6.92 Å². The number of carbonyl (C=O) groups is 1. The third-order valence-electron chi connectivity index (χ3n) is 3.23. The largest absolute Gasteiger partial charge is 0.300 e. The molecule has 0 heterocycles. The Labute approximate surface area is 82.9 Å². The van der Waals surface area contributed by atoms with Crippen molar-refractivity contribution in [2.24, 2.45) is 5.92 Å². The molecule has 14 heavy (non-hydrogen) atoms. The minimum atomic E-state index is -0.225. The fourth-order valence-corrected chi connectivity index (χ4v) is 2.11. The van der Waals surface area contributed by atoms with Gasteiger partial charge in [0, 0.05) is 11.3 Å². The highest BCUT2D eigenvalue weighted by atomic mass is 19.1. The van der Waals surface area contributed by atoms with Crippen molar-refractivity contribution in [2.75, 3.05) is 0 Å². The Morgan fingerprint density at radius 1 is 1.43 bits per heavy atom. The van der Waals surface area contributed by atoms with Crippen molar-refractivity contribution in [3.05, 3.63) is 35.6 Å². The summed E-state index contributed by atoms with van der Waals surface area (Å²) >= 11 is 0. The number of rotatable bonds is 2. The van der Waals surface area contributed by atoms with Gasteiger partial charge in [0.15, 0.2) is 0 Å². The van der Waals surface area contributed by atoms with Crippen LogP contribution in [0, 0.1) is 11.7 Å². The number of Topliss-reactive ketones (excluding diaryl/α,β-unsaturated/α-hetero) is 1. The van der Waals surface area contributed by atoms with Gasteiger partial charge in [-0.25, -0.2) is 4.39 Å². The van der Waals surface area contributed by atoms with E-state index < -0.39 is 0 Å². The summed E-state index contributed by atoms with van der Waals surface area (Å²) in [5.74, 6) is 0.141. The van der Waals surface area contributed by atoms with Crippen molar-refractivity contribution in [1.82, 2.24) is 0 Å². The van der Waals surface area contributed by atoms with Crippen LogP contribution in [0.4, 0.5) is 4.39 Å². The average Bonchev–Trinajstić information content (AvgIpc) is 2.80. The van der Waals surface area contributed by atoms with Crippen molar-refractivity contribution in [3.8, 4) is 0 Å². The van der Waals surface area contributed by atoms with E-state index in [1.54, 1.807) is 19.1 Å². The molecule has 0 aliphatic heterocycles. The van der Waals surface area contributed by atoms with Crippen LogP contribution in [0.1, 0.15) is 25.8 Å². The van der Waals surface area contributed by atoms with E-state index in [-0.39, 0.29) is 22.9 Å². The van der Waals surface area contributed by atoms with Gasteiger partial charge in [0.1, 0.15) is 11.6 Å². The molecule has 1 fully saturated rings. The zero-order chi connectivity index (χ0) is 10.3. The average molecular weight is 192 g/mol. The van der Waals surface area contributed by atoms with Crippen molar-refractivity contribution in [2.45, 2.75) is 25.7 Å². The lowest BCUT2D eigenvalue weighted by Crippen LogP contribution is -2.09. The second-order valence-electron chi connectivity index (χ2n) is 4.29. The topological polar surface area (TPSA) is 17.1 Å². The fourth-order valence-electron chi connectivity index (χ4n) is 2.11. The highest BCUT2D eigenvalue weighted by Gasteiger charge is 2.53. The van der Waals surface area contributed by atoms with Crippen molar-refractivity contribution >= 4 is 5.78 Å². The van der Waals surface area contributed by atoms with Gasteiger partial charge in [-0.3, -0.25) is 4.79 Å². The number of hydrogen-bond donors (Lipinski definition) is 0. The fraction of sp³-hybridized carbons (Fsp3) is 0.417.